The molecular weight excluding hydrogens is 378 g/mol. The van der Waals surface area contributed by atoms with Crippen LogP contribution in [0.1, 0.15) is 37.6 Å². The molecule has 2 aromatic heterocycles. The van der Waals surface area contributed by atoms with Gasteiger partial charge in [-0.15, -0.1) is 0 Å². The minimum atomic E-state index is -0.352. The summed E-state index contributed by atoms with van der Waals surface area (Å²) in [6, 6.07) is 10.6. The lowest BCUT2D eigenvalue weighted by Crippen LogP contribution is -2.38. The average Bonchev–Trinajstić information content (AvgIpc) is 3.11. The molecule has 1 unspecified atom stereocenters. The van der Waals surface area contributed by atoms with E-state index in [0.717, 1.165) is 22.5 Å². The van der Waals surface area contributed by atoms with Crippen molar-refractivity contribution in [3.05, 3.63) is 68.6 Å². The summed E-state index contributed by atoms with van der Waals surface area (Å²) in [7, 11) is 3.20. The van der Waals surface area contributed by atoms with Gasteiger partial charge >= 0.3 is 5.69 Å². The minimum absolute atomic E-state index is 0.299. The summed E-state index contributed by atoms with van der Waals surface area (Å²) in [6.07, 6.45) is 7.70. The van der Waals surface area contributed by atoms with Crippen LogP contribution in [0.5, 0.6) is 0 Å². The van der Waals surface area contributed by atoms with Gasteiger partial charge in [-0.1, -0.05) is 48.9 Å². The highest BCUT2D eigenvalue weighted by Gasteiger charge is 2.23. The summed E-state index contributed by atoms with van der Waals surface area (Å²) in [5.74, 6) is 0.828. The molecule has 7 nitrogen and oxygen atoms in total. The van der Waals surface area contributed by atoms with Crippen LogP contribution in [0.15, 0.2) is 46.0 Å². The lowest BCUT2D eigenvalue weighted by molar-refractivity contribution is 0.147. The highest BCUT2D eigenvalue weighted by atomic mass is 16.2. The molecule has 0 aliphatic carbocycles. The van der Waals surface area contributed by atoms with Gasteiger partial charge in [0.15, 0.2) is 11.2 Å². The van der Waals surface area contributed by atoms with Gasteiger partial charge in [-0.3, -0.25) is 18.8 Å². The van der Waals surface area contributed by atoms with Gasteiger partial charge in [-0.25, -0.2) is 9.78 Å². The molecule has 0 spiro atoms. The Kier molecular flexibility index (Phi) is 5.72. The largest absolute Gasteiger partial charge is 0.332 e. The second-order valence-corrected chi connectivity index (χ2v) is 8.14. The maximum absolute atomic E-state index is 13.0. The number of aryl methyl sites for hydroxylation is 1. The summed E-state index contributed by atoms with van der Waals surface area (Å²) in [5, 5.41) is 0. The Morgan fingerprint density at radius 3 is 2.60 bits per heavy atom. The molecule has 1 aliphatic rings. The van der Waals surface area contributed by atoms with E-state index in [1.54, 1.807) is 7.05 Å². The maximum atomic E-state index is 13.0. The quantitative estimate of drug-likeness (QED) is 0.652. The molecule has 0 saturated carbocycles. The number of likely N-dealkylation sites (tertiary alicyclic amines) is 1. The first-order chi connectivity index (χ1) is 14.5. The molecule has 3 aromatic rings. The molecule has 0 N–H and O–H groups in total. The monoisotopic (exact) mass is 407 g/mol. The van der Waals surface area contributed by atoms with E-state index in [2.05, 4.69) is 11.8 Å². The molecule has 3 heterocycles. The number of rotatable bonds is 5. The number of hydrogen-bond acceptors (Lipinski definition) is 4. The van der Waals surface area contributed by atoms with Crippen LogP contribution in [-0.2, 0) is 27.2 Å². The topological polar surface area (TPSA) is 65.1 Å². The standard InChI is InChI=1S/C23H29N5O2/c1-17-10-7-8-14-27(17)16-19-24-21-20(22(29)26(3)23(30)25(21)2)28(19)15-9-13-18-11-5-4-6-12-18/h4-6,9,11-13,17H,7-8,10,14-16H2,1-3H3/b13-9+. The number of imidazole rings is 1. The van der Waals surface area contributed by atoms with Gasteiger partial charge in [-0.2, -0.15) is 0 Å². The molecule has 1 aliphatic heterocycles. The van der Waals surface area contributed by atoms with Crippen molar-refractivity contribution in [1.29, 1.82) is 0 Å². The Labute approximate surface area is 175 Å². The van der Waals surface area contributed by atoms with Crippen LogP contribution in [0, 0.1) is 0 Å². The summed E-state index contributed by atoms with van der Waals surface area (Å²) in [5.41, 5.74) is 1.39. The Morgan fingerprint density at radius 1 is 1.10 bits per heavy atom. The smallest absolute Gasteiger partial charge is 0.317 e. The van der Waals surface area contributed by atoms with E-state index in [1.807, 2.05) is 47.1 Å². The van der Waals surface area contributed by atoms with Crippen molar-refractivity contribution in [3.8, 4) is 0 Å². The third kappa shape index (κ3) is 3.77. The number of benzene rings is 1. The molecule has 4 rings (SSSR count). The molecule has 1 aromatic carbocycles. The van der Waals surface area contributed by atoms with Gasteiger partial charge in [0.05, 0.1) is 6.54 Å². The second-order valence-electron chi connectivity index (χ2n) is 8.14. The summed E-state index contributed by atoms with van der Waals surface area (Å²) in [4.78, 5) is 32.6. The van der Waals surface area contributed by atoms with E-state index in [-0.39, 0.29) is 11.2 Å². The molecule has 1 saturated heterocycles. The van der Waals surface area contributed by atoms with E-state index < -0.39 is 0 Å². The third-order valence-electron chi connectivity index (χ3n) is 6.11. The predicted molar refractivity (Wildman–Crippen MR) is 119 cm³/mol. The maximum Gasteiger partial charge on any atom is 0.332 e. The van der Waals surface area contributed by atoms with Crippen molar-refractivity contribution < 1.29 is 0 Å². The van der Waals surface area contributed by atoms with Crippen molar-refractivity contribution in [1.82, 2.24) is 23.6 Å². The fourth-order valence-electron chi connectivity index (χ4n) is 4.24. The van der Waals surface area contributed by atoms with Gasteiger partial charge in [-0.05, 0) is 31.9 Å². The predicted octanol–water partition coefficient (Wildman–Crippen LogP) is 2.52. The Balaban J connectivity index is 1.78. The number of piperidine rings is 1. The highest BCUT2D eigenvalue weighted by molar-refractivity contribution is 5.71. The fraction of sp³-hybridized carbons (Fsp3) is 0.435. The zero-order valence-electron chi connectivity index (χ0n) is 17.9. The molecule has 7 heteroatoms. The lowest BCUT2D eigenvalue weighted by Gasteiger charge is -2.32. The van der Waals surface area contributed by atoms with Crippen molar-refractivity contribution in [2.24, 2.45) is 14.1 Å². The molecule has 0 amide bonds. The SMILES string of the molecule is CC1CCCCN1Cc1nc2c(c(=O)n(C)c(=O)n2C)n1C/C=C/c1ccccc1. The molecule has 1 atom stereocenters. The Hall–Kier alpha value is -2.93. The molecule has 0 radical (unpaired) electrons. The van der Waals surface area contributed by atoms with E-state index in [4.69, 9.17) is 4.98 Å². The van der Waals surface area contributed by atoms with Crippen molar-refractivity contribution in [3.63, 3.8) is 0 Å². The normalized spacial score (nSPS) is 17.9. The first-order valence-electron chi connectivity index (χ1n) is 10.6. The molecule has 1 fully saturated rings. The summed E-state index contributed by atoms with van der Waals surface area (Å²) >= 11 is 0. The number of fused-ring (bicyclic) bond motifs is 1. The minimum Gasteiger partial charge on any atom is -0.317 e. The van der Waals surface area contributed by atoms with Gasteiger partial charge in [0, 0.05) is 26.7 Å². The van der Waals surface area contributed by atoms with Crippen LogP contribution in [0.3, 0.4) is 0 Å². The van der Waals surface area contributed by atoms with Gasteiger partial charge in [0.25, 0.3) is 5.56 Å². The molecule has 0 bridgehead atoms. The lowest BCUT2D eigenvalue weighted by atomic mass is 10.0. The molecule has 158 valence electrons. The van der Waals surface area contributed by atoms with Crippen molar-refractivity contribution in [2.75, 3.05) is 6.54 Å². The van der Waals surface area contributed by atoms with E-state index >= 15 is 0 Å². The van der Waals surface area contributed by atoms with E-state index in [1.165, 1.54) is 30.9 Å². The first-order valence-corrected chi connectivity index (χ1v) is 10.6. The number of allylic oxidation sites excluding steroid dienone is 1. The highest BCUT2D eigenvalue weighted by Crippen LogP contribution is 2.21. The van der Waals surface area contributed by atoms with Crippen molar-refractivity contribution in [2.45, 2.75) is 45.3 Å². The zero-order valence-corrected chi connectivity index (χ0v) is 17.9. The Morgan fingerprint density at radius 2 is 1.87 bits per heavy atom. The summed E-state index contributed by atoms with van der Waals surface area (Å²) in [6.45, 7) is 4.47. The van der Waals surface area contributed by atoms with E-state index in [9.17, 15) is 9.59 Å². The number of aromatic nitrogens is 4. The summed E-state index contributed by atoms with van der Waals surface area (Å²) < 4.78 is 4.60. The average molecular weight is 408 g/mol. The third-order valence-corrected chi connectivity index (χ3v) is 6.11. The van der Waals surface area contributed by atoms with Crippen LogP contribution in [0.4, 0.5) is 0 Å². The second kappa shape index (κ2) is 8.44. The molecule has 30 heavy (non-hydrogen) atoms. The van der Waals surface area contributed by atoms with Crippen molar-refractivity contribution >= 4 is 17.2 Å². The van der Waals surface area contributed by atoms with Crippen LogP contribution in [0.25, 0.3) is 17.2 Å². The van der Waals surface area contributed by atoms with Gasteiger partial charge in [0.2, 0.25) is 0 Å². The fourth-order valence-corrected chi connectivity index (χ4v) is 4.24. The van der Waals surface area contributed by atoms with Crippen LogP contribution >= 0.6 is 0 Å². The first kappa shape index (κ1) is 20.3. The van der Waals surface area contributed by atoms with Gasteiger partial charge < -0.3 is 4.57 Å². The van der Waals surface area contributed by atoms with E-state index in [0.29, 0.717) is 30.3 Å². The Bertz CT molecular complexity index is 1190. The number of nitrogens with zero attached hydrogens (tertiary/aromatic N) is 5. The van der Waals surface area contributed by atoms with Crippen LogP contribution in [0.2, 0.25) is 0 Å². The van der Waals surface area contributed by atoms with Crippen LogP contribution in [-0.4, -0.2) is 36.2 Å². The zero-order chi connectivity index (χ0) is 21.3. The molecular formula is C23H29N5O2. The van der Waals surface area contributed by atoms with Gasteiger partial charge in [0.1, 0.15) is 5.82 Å². The number of hydrogen-bond donors (Lipinski definition) is 0. The van der Waals surface area contributed by atoms with Crippen LogP contribution < -0.4 is 11.2 Å².